The van der Waals surface area contributed by atoms with Crippen molar-refractivity contribution < 1.29 is 8.78 Å². The van der Waals surface area contributed by atoms with Gasteiger partial charge in [-0.25, -0.2) is 8.78 Å². The predicted octanol–water partition coefficient (Wildman–Crippen LogP) is 2.93. The molecule has 1 aliphatic carbocycles. The van der Waals surface area contributed by atoms with Gasteiger partial charge >= 0.3 is 0 Å². The van der Waals surface area contributed by atoms with Crippen LogP contribution in [-0.2, 0) is 6.54 Å². The van der Waals surface area contributed by atoms with Gasteiger partial charge < -0.3 is 5.32 Å². The van der Waals surface area contributed by atoms with Crippen LogP contribution >= 0.6 is 0 Å². The third kappa shape index (κ3) is 3.76. The zero-order chi connectivity index (χ0) is 13.9. The smallest absolute Gasteiger partial charge is 0.130 e. The Kier molecular flexibility index (Phi) is 4.32. The average Bonchev–Trinajstić information content (AvgIpc) is 3.25. The van der Waals surface area contributed by atoms with Crippen LogP contribution in [0.2, 0.25) is 0 Å². The minimum absolute atomic E-state index is 0.431. The van der Waals surface area contributed by atoms with Crippen molar-refractivity contribution in [2.75, 3.05) is 19.6 Å². The Morgan fingerprint density at radius 2 is 1.85 bits per heavy atom. The highest BCUT2D eigenvalue weighted by atomic mass is 19.1. The fourth-order valence-electron chi connectivity index (χ4n) is 2.84. The molecule has 0 aromatic heterocycles. The van der Waals surface area contributed by atoms with E-state index in [4.69, 9.17) is 0 Å². The Hall–Kier alpha value is -1.00. The number of hydrogen-bond acceptors (Lipinski definition) is 2. The summed E-state index contributed by atoms with van der Waals surface area (Å²) in [7, 11) is 0. The Balaban J connectivity index is 1.45. The molecule has 2 nitrogen and oxygen atoms in total. The van der Waals surface area contributed by atoms with Crippen LogP contribution in [-0.4, -0.2) is 30.6 Å². The van der Waals surface area contributed by atoms with E-state index in [2.05, 4.69) is 10.2 Å². The molecule has 0 bridgehead atoms. The maximum Gasteiger partial charge on any atom is 0.130 e. The largest absolute Gasteiger partial charge is 0.314 e. The van der Waals surface area contributed by atoms with Crippen molar-refractivity contribution >= 4 is 0 Å². The van der Waals surface area contributed by atoms with Crippen LogP contribution < -0.4 is 5.32 Å². The molecule has 1 N–H and O–H groups in total. The Bertz CT molecular complexity index is 452. The van der Waals surface area contributed by atoms with Crippen molar-refractivity contribution in [3.8, 4) is 0 Å². The molecule has 0 amide bonds. The molecular weight excluding hydrogens is 258 g/mol. The lowest BCUT2D eigenvalue weighted by molar-refractivity contribution is 0.188. The SMILES string of the molecule is Fc1ccc(CN2CCC(NCC3CC3)CC2)c(F)c1. The summed E-state index contributed by atoms with van der Waals surface area (Å²) < 4.78 is 26.5. The molecule has 4 heteroatoms. The number of piperidine rings is 1. The number of rotatable bonds is 5. The van der Waals surface area contributed by atoms with Crippen LogP contribution in [0.15, 0.2) is 18.2 Å². The highest BCUT2D eigenvalue weighted by molar-refractivity contribution is 5.18. The average molecular weight is 280 g/mol. The molecule has 1 aliphatic heterocycles. The summed E-state index contributed by atoms with van der Waals surface area (Å²) in [6, 6.07) is 4.48. The van der Waals surface area contributed by atoms with Gasteiger partial charge in [0.25, 0.3) is 0 Å². The first-order chi connectivity index (χ1) is 9.70. The minimum Gasteiger partial charge on any atom is -0.314 e. The molecule has 1 heterocycles. The van der Waals surface area contributed by atoms with Gasteiger partial charge in [0.15, 0.2) is 0 Å². The highest BCUT2D eigenvalue weighted by Crippen LogP contribution is 2.28. The fourth-order valence-corrected chi connectivity index (χ4v) is 2.84. The molecule has 20 heavy (non-hydrogen) atoms. The fraction of sp³-hybridized carbons (Fsp3) is 0.625. The van der Waals surface area contributed by atoms with Gasteiger partial charge in [-0.2, -0.15) is 0 Å². The van der Waals surface area contributed by atoms with E-state index < -0.39 is 11.6 Å². The summed E-state index contributed by atoms with van der Waals surface area (Å²) >= 11 is 0. The van der Waals surface area contributed by atoms with Crippen LogP contribution in [0.1, 0.15) is 31.2 Å². The van der Waals surface area contributed by atoms with Crippen LogP contribution in [0, 0.1) is 17.6 Å². The lowest BCUT2D eigenvalue weighted by Crippen LogP contribution is -2.42. The Labute approximate surface area is 119 Å². The first kappa shape index (κ1) is 14.0. The molecule has 0 atom stereocenters. The van der Waals surface area contributed by atoms with E-state index in [1.807, 2.05) is 0 Å². The molecule has 1 saturated heterocycles. The summed E-state index contributed by atoms with van der Waals surface area (Å²) in [6.45, 7) is 3.72. The number of hydrogen-bond donors (Lipinski definition) is 1. The van der Waals surface area contributed by atoms with Crippen molar-refractivity contribution in [2.45, 2.75) is 38.3 Å². The molecule has 0 unspecified atom stereocenters. The first-order valence-corrected chi connectivity index (χ1v) is 7.60. The second-order valence-corrected chi connectivity index (χ2v) is 6.14. The first-order valence-electron chi connectivity index (χ1n) is 7.60. The standard InChI is InChI=1S/C16H22F2N2/c17-14-4-3-13(16(18)9-14)11-20-7-5-15(6-8-20)19-10-12-1-2-12/h3-4,9,12,15,19H,1-2,5-8,10-11H2. The second-order valence-electron chi connectivity index (χ2n) is 6.14. The van der Waals surface area contributed by atoms with Crippen molar-refractivity contribution in [2.24, 2.45) is 5.92 Å². The number of benzene rings is 1. The van der Waals surface area contributed by atoms with E-state index in [0.29, 0.717) is 18.2 Å². The van der Waals surface area contributed by atoms with E-state index in [9.17, 15) is 8.78 Å². The van der Waals surface area contributed by atoms with Crippen molar-refractivity contribution in [1.82, 2.24) is 10.2 Å². The molecule has 2 aliphatic rings. The topological polar surface area (TPSA) is 15.3 Å². The summed E-state index contributed by atoms with van der Waals surface area (Å²) in [6.07, 6.45) is 5.01. The summed E-state index contributed by atoms with van der Waals surface area (Å²) in [5.41, 5.74) is 0.593. The summed E-state index contributed by atoms with van der Waals surface area (Å²) in [4.78, 5) is 2.26. The van der Waals surface area contributed by atoms with E-state index in [-0.39, 0.29) is 0 Å². The van der Waals surface area contributed by atoms with Crippen LogP contribution in [0.4, 0.5) is 8.78 Å². The molecule has 0 radical (unpaired) electrons. The van der Waals surface area contributed by atoms with Crippen LogP contribution in [0.3, 0.4) is 0 Å². The zero-order valence-corrected chi connectivity index (χ0v) is 11.7. The Morgan fingerprint density at radius 1 is 1.10 bits per heavy atom. The molecule has 3 rings (SSSR count). The lowest BCUT2D eigenvalue weighted by Gasteiger charge is -2.32. The van der Waals surface area contributed by atoms with Gasteiger partial charge in [-0.3, -0.25) is 4.90 Å². The number of likely N-dealkylation sites (tertiary alicyclic amines) is 1. The number of halogens is 2. The van der Waals surface area contributed by atoms with Crippen LogP contribution in [0.5, 0.6) is 0 Å². The van der Waals surface area contributed by atoms with Gasteiger partial charge in [0.2, 0.25) is 0 Å². The van der Waals surface area contributed by atoms with Gasteiger partial charge in [-0.15, -0.1) is 0 Å². The van der Waals surface area contributed by atoms with Gasteiger partial charge in [0, 0.05) is 24.2 Å². The van der Waals surface area contributed by atoms with Crippen LogP contribution in [0.25, 0.3) is 0 Å². The molecule has 1 aromatic rings. The molecule has 0 spiro atoms. The van der Waals surface area contributed by atoms with Crippen molar-refractivity contribution in [3.05, 3.63) is 35.4 Å². The number of nitrogens with zero attached hydrogens (tertiary/aromatic N) is 1. The highest BCUT2D eigenvalue weighted by Gasteiger charge is 2.24. The third-order valence-electron chi connectivity index (χ3n) is 4.39. The second kappa shape index (κ2) is 6.19. The number of nitrogens with one attached hydrogen (secondary N) is 1. The molecule has 1 saturated carbocycles. The zero-order valence-electron chi connectivity index (χ0n) is 11.7. The normalized spacial score (nSPS) is 21.3. The molecule has 1 aromatic carbocycles. The van der Waals surface area contributed by atoms with Gasteiger partial charge in [-0.1, -0.05) is 6.07 Å². The van der Waals surface area contributed by atoms with Crippen molar-refractivity contribution in [3.63, 3.8) is 0 Å². The molecule has 110 valence electrons. The van der Waals surface area contributed by atoms with E-state index >= 15 is 0 Å². The quantitative estimate of drug-likeness (QED) is 0.892. The third-order valence-corrected chi connectivity index (χ3v) is 4.39. The van der Waals surface area contributed by atoms with Crippen molar-refractivity contribution in [1.29, 1.82) is 0 Å². The molecular formula is C16H22F2N2. The molecule has 2 fully saturated rings. The monoisotopic (exact) mass is 280 g/mol. The van der Waals surface area contributed by atoms with Gasteiger partial charge in [0.1, 0.15) is 11.6 Å². The van der Waals surface area contributed by atoms with Gasteiger partial charge in [-0.05, 0) is 57.3 Å². The Morgan fingerprint density at radius 3 is 2.50 bits per heavy atom. The summed E-state index contributed by atoms with van der Waals surface area (Å²) in [5, 5.41) is 3.64. The predicted molar refractivity (Wildman–Crippen MR) is 75.4 cm³/mol. The van der Waals surface area contributed by atoms with E-state index in [1.165, 1.54) is 18.9 Å². The van der Waals surface area contributed by atoms with Gasteiger partial charge in [0.05, 0.1) is 0 Å². The van der Waals surface area contributed by atoms with E-state index in [0.717, 1.165) is 44.5 Å². The maximum atomic E-state index is 13.6. The summed E-state index contributed by atoms with van der Waals surface area (Å²) in [5.74, 6) is -0.0189. The maximum absolute atomic E-state index is 13.6. The van der Waals surface area contributed by atoms with E-state index in [1.54, 1.807) is 6.07 Å². The minimum atomic E-state index is -0.505. The lowest BCUT2D eigenvalue weighted by atomic mass is 10.0.